The normalized spacial score (nSPS) is 10.7. The number of aliphatic carboxylic acids is 1. The predicted molar refractivity (Wildman–Crippen MR) is 74.4 cm³/mol. The van der Waals surface area contributed by atoms with Crippen molar-refractivity contribution in [1.82, 2.24) is 9.88 Å². The number of hydrogen-bond acceptors (Lipinski definition) is 4. The zero-order chi connectivity index (χ0) is 15.0. The van der Waals surface area contributed by atoms with E-state index in [-0.39, 0.29) is 5.91 Å². The first-order valence-electron chi connectivity index (χ1n) is 6.23. The smallest absolute Gasteiger partial charge is 0.328 e. The monoisotopic (exact) mass is 278 g/mol. The third-order valence-corrected chi connectivity index (χ3v) is 2.72. The highest BCUT2D eigenvalue weighted by Crippen LogP contribution is 2.12. The number of aromatic nitrogens is 1. The number of hydrogen-bond donors (Lipinski definition) is 1. The summed E-state index contributed by atoms with van der Waals surface area (Å²) in [7, 11) is 1.58. The molecule has 1 rings (SSSR count). The van der Waals surface area contributed by atoms with Gasteiger partial charge >= 0.3 is 5.97 Å². The molecule has 1 aromatic heterocycles. The summed E-state index contributed by atoms with van der Waals surface area (Å²) in [5, 5.41) is 8.66. The first-order chi connectivity index (χ1) is 9.60. The minimum absolute atomic E-state index is 0.169. The summed E-state index contributed by atoms with van der Waals surface area (Å²) >= 11 is 0. The number of rotatable bonds is 7. The van der Waals surface area contributed by atoms with Gasteiger partial charge in [0.05, 0.1) is 6.61 Å². The van der Waals surface area contributed by atoms with E-state index in [1.54, 1.807) is 18.1 Å². The molecule has 108 valence electrons. The molecule has 1 aromatic rings. The van der Waals surface area contributed by atoms with Crippen molar-refractivity contribution in [2.75, 3.05) is 26.8 Å². The molecule has 0 atom stereocenters. The maximum Gasteiger partial charge on any atom is 0.328 e. The molecule has 1 amide bonds. The average molecular weight is 278 g/mol. The topological polar surface area (TPSA) is 79.7 Å². The van der Waals surface area contributed by atoms with E-state index in [2.05, 4.69) is 4.98 Å². The molecule has 0 aliphatic carbocycles. The molecule has 0 spiro atoms. The Bertz CT molecular complexity index is 500. The first kappa shape index (κ1) is 15.8. The van der Waals surface area contributed by atoms with Crippen LogP contribution in [0.25, 0.3) is 6.08 Å². The van der Waals surface area contributed by atoms with Gasteiger partial charge in [0.1, 0.15) is 0 Å². The van der Waals surface area contributed by atoms with Gasteiger partial charge in [0.2, 0.25) is 0 Å². The highest BCUT2D eigenvalue weighted by molar-refractivity contribution is 5.98. The van der Waals surface area contributed by atoms with Crippen LogP contribution >= 0.6 is 0 Å². The number of carboxylic acids is 1. The SMILES string of the molecule is CCN(CCOC)C(=O)c1ccncc1C=CC(=O)O. The van der Waals surface area contributed by atoms with Crippen molar-refractivity contribution in [2.24, 2.45) is 0 Å². The van der Waals surface area contributed by atoms with Crippen LogP contribution in [0.5, 0.6) is 0 Å². The number of carbonyl (C=O) groups is 2. The van der Waals surface area contributed by atoms with Crippen LogP contribution in [-0.4, -0.2) is 53.7 Å². The maximum atomic E-state index is 12.4. The number of amides is 1. The van der Waals surface area contributed by atoms with E-state index in [1.807, 2.05) is 6.92 Å². The Morgan fingerprint density at radius 2 is 2.25 bits per heavy atom. The van der Waals surface area contributed by atoms with Crippen LogP contribution in [0.1, 0.15) is 22.8 Å². The van der Waals surface area contributed by atoms with Crippen molar-refractivity contribution in [2.45, 2.75) is 6.92 Å². The fourth-order valence-corrected chi connectivity index (χ4v) is 1.67. The summed E-state index contributed by atoms with van der Waals surface area (Å²) in [6, 6.07) is 1.58. The summed E-state index contributed by atoms with van der Waals surface area (Å²) < 4.78 is 4.97. The van der Waals surface area contributed by atoms with Crippen LogP contribution in [0, 0.1) is 0 Å². The minimum atomic E-state index is -1.07. The lowest BCUT2D eigenvalue weighted by Crippen LogP contribution is -2.34. The van der Waals surface area contributed by atoms with Crippen molar-refractivity contribution in [3.63, 3.8) is 0 Å². The van der Waals surface area contributed by atoms with E-state index in [0.29, 0.717) is 30.8 Å². The van der Waals surface area contributed by atoms with Crippen LogP contribution in [0.2, 0.25) is 0 Å². The third-order valence-electron chi connectivity index (χ3n) is 2.72. The van der Waals surface area contributed by atoms with Crippen molar-refractivity contribution in [1.29, 1.82) is 0 Å². The predicted octanol–water partition coefficient (Wildman–Crippen LogP) is 1.29. The molecule has 0 aliphatic rings. The molecule has 1 heterocycles. The Morgan fingerprint density at radius 3 is 2.85 bits per heavy atom. The standard InChI is InChI=1S/C14H18N2O4/c1-3-16(8-9-20-2)14(19)12-6-7-15-10-11(12)4-5-13(17)18/h4-7,10H,3,8-9H2,1-2H3,(H,17,18). The van der Waals surface area contributed by atoms with E-state index in [1.165, 1.54) is 18.5 Å². The van der Waals surface area contributed by atoms with Gasteiger partial charge in [-0.3, -0.25) is 9.78 Å². The number of methoxy groups -OCH3 is 1. The Morgan fingerprint density at radius 1 is 1.50 bits per heavy atom. The first-order valence-corrected chi connectivity index (χ1v) is 6.23. The van der Waals surface area contributed by atoms with Crippen molar-refractivity contribution >= 4 is 18.0 Å². The lowest BCUT2D eigenvalue weighted by Gasteiger charge is -2.21. The molecule has 0 saturated carbocycles. The van der Waals surface area contributed by atoms with E-state index in [0.717, 1.165) is 6.08 Å². The molecule has 0 radical (unpaired) electrons. The van der Waals surface area contributed by atoms with Gasteiger partial charge in [-0.05, 0) is 19.1 Å². The largest absolute Gasteiger partial charge is 0.478 e. The molecule has 20 heavy (non-hydrogen) atoms. The Kier molecular flexibility index (Phi) is 6.39. The number of nitrogens with zero attached hydrogens (tertiary/aromatic N) is 2. The maximum absolute atomic E-state index is 12.4. The molecular weight excluding hydrogens is 260 g/mol. The Balaban J connectivity index is 2.99. The Labute approximate surface area is 117 Å². The fraction of sp³-hybridized carbons (Fsp3) is 0.357. The van der Waals surface area contributed by atoms with Crippen molar-refractivity contribution in [3.8, 4) is 0 Å². The number of pyridine rings is 1. The molecule has 1 N–H and O–H groups in total. The van der Waals surface area contributed by atoms with Crippen LogP contribution in [0.3, 0.4) is 0 Å². The van der Waals surface area contributed by atoms with Gasteiger partial charge in [-0.15, -0.1) is 0 Å². The van der Waals surface area contributed by atoms with Gasteiger partial charge < -0.3 is 14.7 Å². The lowest BCUT2D eigenvalue weighted by molar-refractivity contribution is -0.131. The third kappa shape index (κ3) is 4.47. The average Bonchev–Trinajstić information content (AvgIpc) is 2.46. The van der Waals surface area contributed by atoms with Crippen LogP contribution in [-0.2, 0) is 9.53 Å². The zero-order valence-corrected chi connectivity index (χ0v) is 11.6. The van der Waals surface area contributed by atoms with E-state index in [4.69, 9.17) is 9.84 Å². The second kappa shape index (κ2) is 8.06. The van der Waals surface area contributed by atoms with Gasteiger partial charge in [0.25, 0.3) is 5.91 Å². The molecule has 0 bridgehead atoms. The highest BCUT2D eigenvalue weighted by atomic mass is 16.5. The van der Waals surface area contributed by atoms with Gasteiger partial charge in [-0.1, -0.05) is 0 Å². The fourth-order valence-electron chi connectivity index (χ4n) is 1.67. The number of ether oxygens (including phenoxy) is 1. The second-order valence-corrected chi connectivity index (χ2v) is 4.01. The summed E-state index contributed by atoms with van der Waals surface area (Å²) in [6.45, 7) is 3.36. The van der Waals surface area contributed by atoms with E-state index in [9.17, 15) is 9.59 Å². The van der Waals surface area contributed by atoms with Gasteiger partial charge in [-0.25, -0.2) is 4.79 Å². The van der Waals surface area contributed by atoms with Crippen LogP contribution in [0.4, 0.5) is 0 Å². The Hall–Kier alpha value is -2.21. The minimum Gasteiger partial charge on any atom is -0.478 e. The number of likely N-dealkylation sites (N-methyl/N-ethyl adjacent to an activating group) is 1. The molecule has 6 nitrogen and oxygen atoms in total. The lowest BCUT2D eigenvalue weighted by atomic mass is 10.1. The molecule has 0 aromatic carbocycles. The van der Waals surface area contributed by atoms with Crippen molar-refractivity contribution < 1.29 is 19.4 Å². The van der Waals surface area contributed by atoms with E-state index >= 15 is 0 Å². The molecule has 0 fully saturated rings. The summed E-state index contributed by atoms with van der Waals surface area (Å²) in [4.78, 5) is 28.5. The van der Waals surface area contributed by atoms with Gasteiger partial charge in [-0.2, -0.15) is 0 Å². The quantitative estimate of drug-likeness (QED) is 0.760. The number of carboxylic acid groups (broad SMARTS) is 1. The molecule has 0 aliphatic heterocycles. The van der Waals surface area contributed by atoms with Gasteiger partial charge in [0.15, 0.2) is 0 Å². The van der Waals surface area contributed by atoms with E-state index < -0.39 is 5.97 Å². The summed E-state index contributed by atoms with van der Waals surface area (Å²) in [6.07, 6.45) is 5.33. The van der Waals surface area contributed by atoms with Crippen molar-refractivity contribution in [3.05, 3.63) is 35.7 Å². The van der Waals surface area contributed by atoms with Crippen LogP contribution < -0.4 is 0 Å². The van der Waals surface area contributed by atoms with Crippen LogP contribution in [0.15, 0.2) is 24.5 Å². The highest BCUT2D eigenvalue weighted by Gasteiger charge is 2.16. The molecular formula is C14H18N2O4. The molecule has 0 unspecified atom stereocenters. The summed E-state index contributed by atoms with van der Waals surface area (Å²) in [5.74, 6) is -1.24. The second-order valence-electron chi connectivity index (χ2n) is 4.01. The molecule has 6 heteroatoms. The number of carbonyl (C=O) groups excluding carboxylic acids is 1. The zero-order valence-electron chi connectivity index (χ0n) is 11.6. The molecule has 0 saturated heterocycles. The van der Waals surface area contributed by atoms with Gasteiger partial charge in [0, 0.05) is 49.8 Å². The summed E-state index contributed by atoms with van der Waals surface area (Å²) in [5.41, 5.74) is 0.909.